The van der Waals surface area contributed by atoms with Gasteiger partial charge in [-0.1, -0.05) is 12.2 Å². The molecule has 7 heteroatoms. The van der Waals surface area contributed by atoms with Crippen LogP contribution in [0, 0.1) is 0 Å². The molecular weight excluding hydrogens is 263 g/mol. The van der Waals surface area contributed by atoms with Crippen LogP contribution in [0.4, 0.5) is 18.0 Å². The van der Waals surface area contributed by atoms with Gasteiger partial charge in [-0.15, -0.1) is 13.2 Å². The van der Waals surface area contributed by atoms with Crippen LogP contribution in [0.1, 0.15) is 26.7 Å². The maximum Gasteiger partial charge on any atom is 0.523 e. The molecule has 1 amide bonds. The van der Waals surface area contributed by atoms with Crippen molar-refractivity contribution in [3.05, 3.63) is 23.8 Å². The Labute approximate surface area is 108 Å². The van der Waals surface area contributed by atoms with Crippen LogP contribution in [0.5, 0.6) is 0 Å². The smallest absolute Gasteiger partial charge is 0.465 e. The van der Waals surface area contributed by atoms with Gasteiger partial charge in [0.2, 0.25) is 0 Å². The van der Waals surface area contributed by atoms with Gasteiger partial charge in [-0.05, 0) is 38.3 Å². The Kier molecular flexibility index (Phi) is 4.62. The summed E-state index contributed by atoms with van der Waals surface area (Å²) in [5.41, 5.74) is -0.829. The zero-order valence-electron chi connectivity index (χ0n) is 10.6. The Bertz CT molecular complexity index is 404. The second-order valence-corrected chi connectivity index (χ2v) is 4.74. The molecule has 0 radical (unpaired) electrons. The van der Waals surface area contributed by atoms with Gasteiger partial charge in [0, 0.05) is 6.04 Å². The average Bonchev–Trinajstić information content (AvgIpc) is 2.10. The molecule has 19 heavy (non-hydrogen) atoms. The zero-order valence-corrected chi connectivity index (χ0v) is 10.6. The van der Waals surface area contributed by atoms with E-state index in [4.69, 9.17) is 5.11 Å². The first-order chi connectivity index (χ1) is 8.60. The molecule has 0 aromatic carbocycles. The maximum atomic E-state index is 12.3. The topological polar surface area (TPSA) is 58.6 Å². The quantitative estimate of drug-likeness (QED) is 0.830. The van der Waals surface area contributed by atoms with Crippen LogP contribution in [0.15, 0.2) is 23.8 Å². The molecule has 2 unspecified atom stereocenters. The number of halogens is 3. The van der Waals surface area contributed by atoms with E-state index in [-0.39, 0.29) is 12.5 Å². The molecule has 0 aromatic rings. The van der Waals surface area contributed by atoms with Gasteiger partial charge >= 0.3 is 12.5 Å². The number of hydrogen-bond acceptors (Lipinski definition) is 2. The van der Waals surface area contributed by atoms with Gasteiger partial charge in [0.25, 0.3) is 0 Å². The van der Waals surface area contributed by atoms with Crippen LogP contribution in [-0.4, -0.2) is 29.2 Å². The Morgan fingerprint density at radius 1 is 1.63 bits per heavy atom. The SMILES string of the molecule is CC(CC1=CC(C)(OC(F)(F)F)CC=C1)NC(=O)O. The molecule has 0 spiro atoms. The molecule has 0 saturated heterocycles. The van der Waals surface area contributed by atoms with Crippen LogP contribution in [0.25, 0.3) is 0 Å². The van der Waals surface area contributed by atoms with Gasteiger partial charge in [0.1, 0.15) is 0 Å². The molecule has 1 aliphatic rings. The average molecular weight is 279 g/mol. The van der Waals surface area contributed by atoms with Crippen molar-refractivity contribution < 1.29 is 27.8 Å². The van der Waals surface area contributed by atoms with Crippen molar-refractivity contribution in [3.8, 4) is 0 Å². The maximum absolute atomic E-state index is 12.3. The fourth-order valence-corrected chi connectivity index (χ4v) is 2.02. The van der Waals surface area contributed by atoms with Crippen LogP contribution in [0.3, 0.4) is 0 Å². The summed E-state index contributed by atoms with van der Waals surface area (Å²) < 4.78 is 40.9. The summed E-state index contributed by atoms with van der Waals surface area (Å²) in [6.07, 6.45) is -0.776. The third-order valence-electron chi connectivity index (χ3n) is 2.61. The molecule has 2 atom stereocenters. The zero-order chi connectivity index (χ0) is 14.7. The van der Waals surface area contributed by atoms with Gasteiger partial charge in [0.05, 0.1) is 5.60 Å². The lowest BCUT2D eigenvalue weighted by atomic mass is 9.90. The second kappa shape index (κ2) is 5.64. The number of hydrogen-bond donors (Lipinski definition) is 2. The number of allylic oxidation sites excluding steroid dienone is 1. The van der Waals surface area contributed by atoms with Crippen molar-refractivity contribution >= 4 is 6.09 Å². The van der Waals surface area contributed by atoms with Crippen LogP contribution < -0.4 is 5.32 Å². The Balaban J connectivity index is 2.71. The molecule has 0 aromatic heterocycles. The lowest BCUT2D eigenvalue weighted by molar-refractivity contribution is -0.355. The van der Waals surface area contributed by atoms with Crippen molar-refractivity contribution in [3.63, 3.8) is 0 Å². The number of alkyl halides is 3. The third kappa shape index (κ3) is 5.78. The molecule has 108 valence electrons. The first kappa shape index (κ1) is 15.6. The van der Waals surface area contributed by atoms with Crippen LogP contribution in [-0.2, 0) is 4.74 Å². The van der Waals surface area contributed by atoms with Crippen molar-refractivity contribution in [2.24, 2.45) is 0 Å². The molecule has 1 aliphatic carbocycles. The molecular formula is C12H16F3NO3. The van der Waals surface area contributed by atoms with Gasteiger partial charge in [-0.3, -0.25) is 4.74 Å². The highest BCUT2D eigenvalue weighted by Crippen LogP contribution is 2.33. The highest BCUT2D eigenvalue weighted by molar-refractivity contribution is 5.64. The van der Waals surface area contributed by atoms with E-state index >= 15 is 0 Å². The minimum Gasteiger partial charge on any atom is -0.465 e. The molecule has 1 rings (SSSR count). The summed E-state index contributed by atoms with van der Waals surface area (Å²) in [5.74, 6) is 0. The number of ether oxygens (including phenoxy) is 1. The fraction of sp³-hybridized carbons (Fsp3) is 0.583. The summed E-state index contributed by atoms with van der Waals surface area (Å²) in [4.78, 5) is 10.4. The van der Waals surface area contributed by atoms with E-state index in [0.717, 1.165) is 0 Å². The summed E-state index contributed by atoms with van der Waals surface area (Å²) in [7, 11) is 0. The van der Waals surface area contributed by atoms with E-state index in [0.29, 0.717) is 12.0 Å². The van der Waals surface area contributed by atoms with Gasteiger partial charge < -0.3 is 10.4 Å². The van der Waals surface area contributed by atoms with E-state index in [1.54, 1.807) is 19.1 Å². The van der Waals surface area contributed by atoms with Crippen LogP contribution in [0.2, 0.25) is 0 Å². The second-order valence-electron chi connectivity index (χ2n) is 4.74. The monoisotopic (exact) mass is 279 g/mol. The van der Waals surface area contributed by atoms with Crippen LogP contribution >= 0.6 is 0 Å². The number of carbonyl (C=O) groups is 1. The fourth-order valence-electron chi connectivity index (χ4n) is 2.02. The molecule has 0 aliphatic heterocycles. The predicted molar refractivity (Wildman–Crippen MR) is 62.6 cm³/mol. The number of carboxylic acid groups (broad SMARTS) is 1. The van der Waals surface area contributed by atoms with E-state index < -0.39 is 18.1 Å². The highest BCUT2D eigenvalue weighted by atomic mass is 19.4. The van der Waals surface area contributed by atoms with Crippen molar-refractivity contribution in [2.75, 3.05) is 0 Å². The molecule has 4 nitrogen and oxygen atoms in total. The Hall–Kier alpha value is -1.50. The minimum absolute atomic E-state index is 0.122. The summed E-state index contributed by atoms with van der Waals surface area (Å²) in [6, 6.07) is -0.387. The van der Waals surface area contributed by atoms with Gasteiger partial charge in [-0.25, -0.2) is 4.79 Å². The minimum atomic E-state index is -4.70. The molecule has 0 heterocycles. The number of rotatable bonds is 4. The van der Waals surface area contributed by atoms with E-state index in [2.05, 4.69) is 10.1 Å². The summed E-state index contributed by atoms with van der Waals surface area (Å²) in [5, 5.41) is 10.8. The summed E-state index contributed by atoms with van der Waals surface area (Å²) >= 11 is 0. The summed E-state index contributed by atoms with van der Waals surface area (Å²) in [6.45, 7) is 2.98. The van der Waals surface area contributed by atoms with Crippen molar-refractivity contribution in [1.29, 1.82) is 0 Å². The molecule has 0 bridgehead atoms. The lowest BCUT2D eigenvalue weighted by Crippen LogP contribution is -2.35. The first-order valence-electron chi connectivity index (χ1n) is 5.74. The predicted octanol–water partition coefficient (Wildman–Crippen LogP) is 3.21. The number of nitrogens with one attached hydrogen (secondary N) is 1. The third-order valence-corrected chi connectivity index (χ3v) is 2.61. The standard InChI is InChI=1S/C12H16F3NO3/c1-8(16-10(17)18)6-9-4-3-5-11(2,7-9)19-12(13,14)15/h3-4,7-8,16H,5-6H2,1-2H3,(H,17,18). The van der Waals surface area contributed by atoms with Crippen molar-refractivity contribution in [2.45, 2.75) is 44.7 Å². The lowest BCUT2D eigenvalue weighted by Gasteiger charge is -2.30. The first-order valence-corrected chi connectivity index (χ1v) is 5.74. The highest BCUT2D eigenvalue weighted by Gasteiger charge is 2.39. The van der Waals surface area contributed by atoms with E-state index in [9.17, 15) is 18.0 Å². The van der Waals surface area contributed by atoms with E-state index in [1.165, 1.54) is 13.0 Å². The number of amides is 1. The molecule has 2 N–H and O–H groups in total. The van der Waals surface area contributed by atoms with Gasteiger partial charge in [0.15, 0.2) is 0 Å². The van der Waals surface area contributed by atoms with Gasteiger partial charge in [-0.2, -0.15) is 0 Å². The van der Waals surface area contributed by atoms with Crippen molar-refractivity contribution in [1.82, 2.24) is 5.32 Å². The Morgan fingerprint density at radius 3 is 2.79 bits per heavy atom. The van der Waals surface area contributed by atoms with E-state index in [1.807, 2.05) is 0 Å². The molecule has 0 saturated carbocycles. The normalized spacial score (nSPS) is 24.8. The Morgan fingerprint density at radius 2 is 2.26 bits per heavy atom. The largest absolute Gasteiger partial charge is 0.523 e. The molecule has 0 fully saturated rings.